The zero-order chi connectivity index (χ0) is 10.1. The molecule has 0 heterocycles. The van der Waals surface area contributed by atoms with Gasteiger partial charge in [0.05, 0.1) is 26.4 Å². The van der Waals surface area contributed by atoms with Crippen molar-refractivity contribution in [2.24, 2.45) is 0 Å². The Morgan fingerprint density at radius 3 is 1.40 bits per heavy atom. The van der Waals surface area contributed by atoms with Crippen LogP contribution in [0.15, 0.2) is 0 Å². The SMILES string of the molecule is C.C.COC(CO)COCC(CO)OC. The molecule has 0 aliphatic heterocycles. The largest absolute Gasteiger partial charge is 0.394 e. The van der Waals surface area contributed by atoms with E-state index in [-0.39, 0.29) is 40.3 Å². The van der Waals surface area contributed by atoms with Gasteiger partial charge < -0.3 is 24.4 Å². The second kappa shape index (κ2) is 13.8. The number of aliphatic hydroxyl groups is 2. The molecule has 0 amide bonds. The van der Waals surface area contributed by atoms with Crippen molar-refractivity contribution in [3.8, 4) is 0 Å². The van der Waals surface area contributed by atoms with E-state index in [4.69, 9.17) is 24.4 Å². The number of hydrogen-bond donors (Lipinski definition) is 2. The first kappa shape index (κ1) is 20.2. The van der Waals surface area contributed by atoms with Crippen LogP contribution in [0.5, 0.6) is 0 Å². The van der Waals surface area contributed by atoms with Gasteiger partial charge in [0.2, 0.25) is 0 Å². The van der Waals surface area contributed by atoms with Crippen molar-refractivity contribution in [1.29, 1.82) is 0 Å². The molecule has 2 atom stereocenters. The molecule has 2 unspecified atom stereocenters. The van der Waals surface area contributed by atoms with Gasteiger partial charge in [0.25, 0.3) is 0 Å². The van der Waals surface area contributed by atoms with Gasteiger partial charge in [-0.25, -0.2) is 0 Å². The molecule has 0 saturated heterocycles. The fourth-order valence-electron chi connectivity index (χ4n) is 0.721. The summed E-state index contributed by atoms with van der Waals surface area (Å²) in [6.45, 7) is 0.445. The van der Waals surface area contributed by atoms with Crippen molar-refractivity contribution in [3.63, 3.8) is 0 Å². The van der Waals surface area contributed by atoms with Crippen molar-refractivity contribution >= 4 is 0 Å². The van der Waals surface area contributed by atoms with E-state index in [0.29, 0.717) is 13.2 Å². The summed E-state index contributed by atoms with van der Waals surface area (Å²) in [4.78, 5) is 0. The lowest BCUT2D eigenvalue weighted by molar-refractivity contribution is -0.0606. The Bertz CT molecular complexity index is 90.0. The number of methoxy groups -OCH3 is 2. The predicted octanol–water partition coefficient (Wildman–Crippen LogP) is 0.290. The van der Waals surface area contributed by atoms with Gasteiger partial charge in [0.15, 0.2) is 0 Å². The first-order valence-electron chi connectivity index (χ1n) is 4.13. The molecule has 0 bridgehead atoms. The molecule has 0 spiro atoms. The third-order valence-electron chi connectivity index (χ3n) is 1.68. The highest BCUT2D eigenvalue weighted by Gasteiger charge is 2.09. The summed E-state index contributed by atoms with van der Waals surface area (Å²) in [5.74, 6) is 0. The lowest BCUT2D eigenvalue weighted by Gasteiger charge is -2.16. The van der Waals surface area contributed by atoms with Crippen molar-refractivity contribution in [1.82, 2.24) is 0 Å². The normalized spacial score (nSPS) is 13.6. The molecule has 0 aliphatic carbocycles. The summed E-state index contributed by atoms with van der Waals surface area (Å²) in [6, 6.07) is 0. The maximum Gasteiger partial charge on any atom is 0.103 e. The quantitative estimate of drug-likeness (QED) is 0.622. The molecule has 96 valence electrons. The second-order valence-corrected chi connectivity index (χ2v) is 2.62. The van der Waals surface area contributed by atoms with E-state index >= 15 is 0 Å². The Balaban J connectivity index is -0.000000720. The lowest BCUT2D eigenvalue weighted by Crippen LogP contribution is -2.28. The highest BCUT2D eigenvalue weighted by Crippen LogP contribution is 1.94. The van der Waals surface area contributed by atoms with Crippen LogP contribution in [-0.2, 0) is 14.2 Å². The summed E-state index contributed by atoms with van der Waals surface area (Å²) < 4.78 is 14.9. The third-order valence-corrected chi connectivity index (χ3v) is 1.68. The van der Waals surface area contributed by atoms with E-state index < -0.39 is 0 Å². The Morgan fingerprint density at radius 2 is 1.20 bits per heavy atom. The number of rotatable bonds is 8. The van der Waals surface area contributed by atoms with Crippen molar-refractivity contribution in [2.75, 3.05) is 40.6 Å². The van der Waals surface area contributed by atoms with E-state index in [1.54, 1.807) is 0 Å². The van der Waals surface area contributed by atoms with E-state index in [1.165, 1.54) is 14.2 Å². The summed E-state index contributed by atoms with van der Waals surface area (Å²) in [6.07, 6.45) is -0.618. The summed E-state index contributed by atoms with van der Waals surface area (Å²) in [7, 11) is 3.01. The molecule has 0 aliphatic rings. The fraction of sp³-hybridized carbons (Fsp3) is 1.00. The van der Waals surface area contributed by atoms with Gasteiger partial charge >= 0.3 is 0 Å². The molecule has 2 N–H and O–H groups in total. The minimum Gasteiger partial charge on any atom is -0.394 e. The number of aliphatic hydroxyl groups excluding tert-OH is 2. The first-order chi connectivity index (χ1) is 6.28. The van der Waals surface area contributed by atoms with Gasteiger partial charge in [0.1, 0.15) is 12.2 Å². The van der Waals surface area contributed by atoms with Crippen LogP contribution in [0.1, 0.15) is 14.9 Å². The van der Waals surface area contributed by atoms with Gasteiger partial charge in [-0.3, -0.25) is 0 Å². The Labute approximate surface area is 93.0 Å². The maximum absolute atomic E-state index is 8.72. The average Bonchev–Trinajstić information content (AvgIpc) is 2.19. The zero-order valence-corrected chi connectivity index (χ0v) is 8.10. The van der Waals surface area contributed by atoms with E-state index in [1.807, 2.05) is 0 Å². The van der Waals surface area contributed by atoms with E-state index in [9.17, 15) is 0 Å². The summed E-state index contributed by atoms with van der Waals surface area (Å²) >= 11 is 0. The van der Waals surface area contributed by atoms with Gasteiger partial charge in [-0.15, -0.1) is 0 Å². The van der Waals surface area contributed by atoms with Gasteiger partial charge in [0, 0.05) is 14.2 Å². The third kappa shape index (κ3) is 10.1. The Hall–Kier alpha value is -0.200. The Morgan fingerprint density at radius 1 is 0.867 bits per heavy atom. The monoisotopic (exact) mass is 226 g/mol. The lowest BCUT2D eigenvalue weighted by atomic mass is 10.4. The molecule has 0 aromatic rings. The van der Waals surface area contributed by atoms with Gasteiger partial charge in [-0.2, -0.15) is 0 Å². The molecule has 5 nitrogen and oxygen atoms in total. The second-order valence-electron chi connectivity index (χ2n) is 2.62. The minimum atomic E-state index is -0.309. The topological polar surface area (TPSA) is 68.2 Å². The van der Waals surface area contributed by atoms with Crippen LogP contribution in [0.2, 0.25) is 0 Å². The maximum atomic E-state index is 8.72. The highest BCUT2D eigenvalue weighted by atomic mass is 16.6. The predicted molar refractivity (Wildman–Crippen MR) is 60.0 cm³/mol. The van der Waals surface area contributed by atoms with Crippen molar-refractivity contribution in [3.05, 3.63) is 0 Å². The molecule has 0 radical (unpaired) electrons. The van der Waals surface area contributed by atoms with Crippen LogP contribution in [-0.4, -0.2) is 63.1 Å². The van der Waals surface area contributed by atoms with Crippen LogP contribution in [0.4, 0.5) is 0 Å². The standard InChI is InChI=1S/C8H18O5.2CH4/c1-11-7(3-9)5-13-6-8(4-10)12-2;;/h7-10H,3-6H2,1-2H3;2*1H4. The summed E-state index contributed by atoms with van der Waals surface area (Å²) in [5.41, 5.74) is 0. The molecule has 0 rings (SSSR count). The molecule has 5 heteroatoms. The first-order valence-corrected chi connectivity index (χ1v) is 4.13. The van der Waals surface area contributed by atoms with Crippen molar-refractivity contribution < 1.29 is 24.4 Å². The highest BCUT2D eigenvalue weighted by molar-refractivity contribution is 4.56. The molecule has 0 aromatic heterocycles. The number of hydrogen-bond acceptors (Lipinski definition) is 5. The van der Waals surface area contributed by atoms with Gasteiger partial charge in [-0.05, 0) is 0 Å². The van der Waals surface area contributed by atoms with Crippen LogP contribution in [0.3, 0.4) is 0 Å². The fourth-order valence-corrected chi connectivity index (χ4v) is 0.721. The van der Waals surface area contributed by atoms with Crippen LogP contribution < -0.4 is 0 Å². The van der Waals surface area contributed by atoms with Crippen LogP contribution in [0, 0.1) is 0 Å². The molecule has 0 saturated carbocycles. The molecule has 0 aromatic carbocycles. The van der Waals surface area contributed by atoms with E-state index in [0.717, 1.165) is 0 Å². The molecule has 15 heavy (non-hydrogen) atoms. The van der Waals surface area contributed by atoms with Crippen molar-refractivity contribution in [2.45, 2.75) is 27.1 Å². The average molecular weight is 226 g/mol. The van der Waals surface area contributed by atoms with Crippen LogP contribution in [0.25, 0.3) is 0 Å². The number of ether oxygens (including phenoxy) is 3. The van der Waals surface area contributed by atoms with Crippen LogP contribution >= 0.6 is 0 Å². The smallest absolute Gasteiger partial charge is 0.103 e. The molecular weight excluding hydrogens is 200 g/mol. The summed E-state index contributed by atoms with van der Waals surface area (Å²) in [5, 5.41) is 17.4. The molecule has 0 fully saturated rings. The minimum absolute atomic E-state index is 0. The Kier molecular flexibility index (Phi) is 18.6. The molecular formula is C10H26O5. The zero-order valence-electron chi connectivity index (χ0n) is 8.10. The van der Waals surface area contributed by atoms with E-state index in [2.05, 4.69) is 0 Å². The van der Waals surface area contributed by atoms with Gasteiger partial charge in [-0.1, -0.05) is 14.9 Å².